The molecule has 1 amide bonds. The molecule has 0 spiro atoms. The van der Waals surface area contributed by atoms with Crippen LogP contribution < -0.4 is 5.32 Å². The van der Waals surface area contributed by atoms with Crippen LogP contribution in [-0.2, 0) is 6.54 Å². The molecule has 0 radical (unpaired) electrons. The number of pyridine rings is 1. The van der Waals surface area contributed by atoms with Crippen molar-refractivity contribution in [3.8, 4) is 11.6 Å². The van der Waals surface area contributed by atoms with Gasteiger partial charge in [-0.25, -0.2) is 9.97 Å². The first-order valence-electron chi connectivity index (χ1n) is 8.57. The van der Waals surface area contributed by atoms with Gasteiger partial charge in [0.1, 0.15) is 17.4 Å². The number of imidazole rings is 1. The number of nitrogens with zero attached hydrogens (tertiary/aromatic N) is 3. The molecule has 6 heteroatoms. The number of carbonyl (C=O) groups excluding carboxylic acids is 1. The number of aromatic nitrogens is 3. The molecule has 0 aliphatic carbocycles. The molecule has 134 valence electrons. The Morgan fingerprint density at radius 2 is 1.85 bits per heavy atom. The number of phenols is 1. The van der Waals surface area contributed by atoms with Crippen molar-refractivity contribution in [2.24, 2.45) is 0 Å². The molecule has 0 aliphatic heterocycles. The lowest BCUT2D eigenvalue weighted by Crippen LogP contribution is -2.23. The van der Waals surface area contributed by atoms with Crippen molar-refractivity contribution in [3.05, 3.63) is 84.1 Å². The summed E-state index contributed by atoms with van der Waals surface area (Å²) < 4.78 is 1.88. The second-order valence-electron chi connectivity index (χ2n) is 6.27. The third-order valence-corrected chi connectivity index (χ3v) is 4.44. The van der Waals surface area contributed by atoms with Crippen molar-refractivity contribution in [1.29, 1.82) is 0 Å². The van der Waals surface area contributed by atoms with Crippen LogP contribution in [0.3, 0.4) is 0 Å². The van der Waals surface area contributed by atoms with Gasteiger partial charge in [-0.1, -0.05) is 24.3 Å². The van der Waals surface area contributed by atoms with Crippen molar-refractivity contribution in [3.63, 3.8) is 0 Å². The van der Waals surface area contributed by atoms with Gasteiger partial charge < -0.3 is 10.4 Å². The molecule has 0 atom stereocenters. The number of aromatic hydroxyl groups is 1. The standard InChI is InChI=1S/C21H18N4O2/c1-14-22-8-9-25(14)20-10-15(6-7-23-20)13-24-21(27)18-11-16-4-2-3-5-17(16)12-19(18)26/h2-12,26H,13H2,1H3,(H,24,27). The summed E-state index contributed by atoms with van der Waals surface area (Å²) in [6, 6.07) is 14.7. The summed E-state index contributed by atoms with van der Waals surface area (Å²) in [4.78, 5) is 21.1. The highest BCUT2D eigenvalue weighted by molar-refractivity contribution is 6.01. The summed E-state index contributed by atoms with van der Waals surface area (Å²) >= 11 is 0. The number of benzene rings is 2. The molecule has 0 aliphatic rings. The predicted octanol–water partition coefficient (Wildman–Crippen LogP) is 3.36. The van der Waals surface area contributed by atoms with Crippen LogP contribution in [-0.4, -0.2) is 25.5 Å². The summed E-state index contributed by atoms with van der Waals surface area (Å²) in [6.07, 6.45) is 5.25. The van der Waals surface area contributed by atoms with E-state index in [1.807, 2.05) is 54.1 Å². The molecule has 2 aromatic heterocycles. The zero-order chi connectivity index (χ0) is 18.8. The minimum atomic E-state index is -0.324. The molecule has 0 fully saturated rings. The highest BCUT2D eigenvalue weighted by Crippen LogP contribution is 2.25. The van der Waals surface area contributed by atoms with E-state index < -0.39 is 0 Å². The van der Waals surface area contributed by atoms with E-state index in [0.717, 1.165) is 28.0 Å². The quantitative estimate of drug-likeness (QED) is 0.586. The van der Waals surface area contributed by atoms with Crippen molar-refractivity contribution in [1.82, 2.24) is 19.9 Å². The van der Waals surface area contributed by atoms with Crippen molar-refractivity contribution in [2.75, 3.05) is 0 Å². The molecule has 0 bridgehead atoms. The van der Waals surface area contributed by atoms with E-state index in [1.165, 1.54) is 0 Å². The minimum absolute atomic E-state index is 0.0318. The third-order valence-electron chi connectivity index (χ3n) is 4.44. The average molecular weight is 358 g/mol. The Bertz CT molecular complexity index is 1130. The van der Waals surface area contributed by atoms with Crippen LogP contribution in [0.1, 0.15) is 21.7 Å². The van der Waals surface area contributed by atoms with Gasteiger partial charge in [-0.2, -0.15) is 0 Å². The Balaban J connectivity index is 1.53. The lowest BCUT2D eigenvalue weighted by molar-refractivity contribution is 0.0948. The van der Waals surface area contributed by atoms with Crippen LogP contribution in [0.2, 0.25) is 0 Å². The first kappa shape index (κ1) is 16.8. The summed E-state index contributed by atoms with van der Waals surface area (Å²) in [7, 11) is 0. The van der Waals surface area contributed by atoms with Gasteiger partial charge in [-0.15, -0.1) is 0 Å². The van der Waals surface area contributed by atoms with Gasteiger partial charge in [-0.3, -0.25) is 9.36 Å². The zero-order valence-electron chi connectivity index (χ0n) is 14.8. The van der Waals surface area contributed by atoms with E-state index in [4.69, 9.17) is 0 Å². The van der Waals surface area contributed by atoms with Crippen molar-refractivity contribution >= 4 is 16.7 Å². The van der Waals surface area contributed by atoms with Crippen LogP contribution in [0.15, 0.2) is 67.1 Å². The fraction of sp³-hybridized carbons (Fsp3) is 0.0952. The summed E-state index contributed by atoms with van der Waals surface area (Å²) in [5, 5.41) is 14.8. The molecule has 2 N–H and O–H groups in total. The molecule has 2 heterocycles. The van der Waals surface area contributed by atoms with Gasteiger partial charge in [0.05, 0.1) is 5.56 Å². The number of amides is 1. The molecule has 4 rings (SSSR count). The molecule has 4 aromatic rings. The van der Waals surface area contributed by atoms with E-state index in [-0.39, 0.29) is 17.2 Å². The van der Waals surface area contributed by atoms with Crippen LogP contribution in [0.25, 0.3) is 16.6 Å². The van der Waals surface area contributed by atoms with Crippen molar-refractivity contribution in [2.45, 2.75) is 13.5 Å². The Kier molecular flexibility index (Phi) is 4.30. The lowest BCUT2D eigenvalue weighted by atomic mass is 10.1. The van der Waals surface area contributed by atoms with Gasteiger partial charge in [0.2, 0.25) is 0 Å². The summed E-state index contributed by atoms with van der Waals surface area (Å²) in [6.45, 7) is 2.23. The largest absolute Gasteiger partial charge is 0.507 e. The number of phenolic OH excluding ortho intramolecular Hbond substituents is 1. The second kappa shape index (κ2) is 6.92. The highest BCUT2D eigenvalue weighted by Gasteiger charge is 2.12. The van der Waals surface area contributed by atoms with E-state index in [1.54, 1.807) is 24.5 Å². The van der Waals surface area contributed by atoms with E-state index in [9.17, 15) is 9.90 Å². The Labute approximate surface area is 156 Å². The Morgan fingerprint density at radius 1 is 1.07 bits per heavy atom. The molecule has 27 heavy (non-hydrogen) atoms. The predicted molar refractivity (Wildman–Crippen MR) is 103 cm³/mol. The van der Waals surface area contributed by atoms with E-state index in [2.05, 4.69) is 15.3 Å². The summed E-state index contributed by atoms with van der Waals surface area (Å²) in [5.41, 5.74) is 1.16. The van der Waals surface area contributed by atoms with Gasteiger partial charge in [0.25, 0.3) is 5.91 Å². The SMILES string of the molecule is Cc1nccn1-c1cc(CNC(=O)c2cc3ccccc3cc2O)ccn1. The number of carbonyl (C=O) groups is 1. The van der Waals surface area contributed by atoms with Gasteiger partial charge in [-0.05, 0) is 47.5 Å². The Hall–Kier alpha value is -3.67. The number of hydrogen-bond donors (Lipinski definition) is 2. The number of fused-ring (bicyclic) bond motifs is 1. The normalized spacial score (nSPS) is 10.9. The zero-order valence-corrected chi connectivity index (χ0v) is 14.8. The molecule has 0 unspecified atom stereocenters. The summed E-state index contributed by atoms with van der Waals surface area (Å²) in [5.74, 6) is 1.22. The smallest absolute Gasteiger partial charge is 0.255 e. The topological polar surface area (TPSA) is 80.0 Å². The lowest BCUT2D eigenvalue weighted by Gasteiger charge is -2.10. The first-order valence-corrected chi connectivity index (χ1v) is 8.57. The molecule has 6 nitrogen and oxygen atoms in total. The van der Waals surface area contributed by atoms with Gasteiger partial charge in [0.15, 0.2) is 0 Å². The van der Waals surface area contributed by atoms with Gasteiger partial charge in [0, 0.05) is 25.1 Å². The molecular formula is C21H18N4O2. The first-order chi connectivity index (χ1) is 13.1. The van der Waals surface area contributed by atoms with E-state index in [0.29, 0.717) is 6.54 Å². The highest BCUT2D eigenvalue weighted by atomic mass is 16.3. The molecule has 2 aromatic carbocycles. The van der Waals surface area contributed by atoms with Crippen molar-refractivity contribution < 1.29 is 9.90 Å². The maximum atomic E-state index is 12.5. The monoisotopic (exact) mass is 358 g/mol. The maximum absolute atomic E-state index is 12.5. The van der Waals surface area contributed by atoms with Crippen LogP contribution in [0, 0.1) is 6.92 Å². The maximum Gasteiger partial charge on any atom is 0.255 e. The number of rotatable bonds is 4. The van der Waals surface area contributed by atoms with Crippen LogP contribution in [0.5, 0.6) is 5.75 Å². The fourth-order valence-corrected chi connectivity index (χ4v) is 3.01. The second-order valence-corrected chi connectivity index (χ2v) is 6.27. The third kappa shape index (κ3) is 3.37. The number of aryl methyl sites for hydroxylation is 1. The van der Waals surface area contributed by atoms with Crippen LogP contribution in [0.4, 0.5) is 0 Å². The molecular weight excluding hydrogens is 340 g/mol. The number of nitrogens with one attached hydrogen (secondary N) is 1. The van der Waals surface area contributed by atoms with E-state index >= 15 is 0 Å². The fourth-order valence-electron chi connectivity index (χ4n) is 3.01. The minimum Gasteiger partial charge on any atom is -0.507 e. The van der Waals surface area contributed by atoms with Crippen LogP contribution >= 0.6 is 0 Å². The number of hydrogen-bond acceptors (Lipinski definition) is 4. The molecule has 0 saturated carbocycles. The Morgan fingerprint density at radius 3 is 2.59 bits per heavy atom. The average Bonchev–Trinajstić information content (AvgIpc) is 3.12. The van der Waals surface area contributed by atoms with Gasteiger partial charge >= 0.3 is 0 Å². The molecule has 0 saturated heterocycles.